The summed E-state index contributed by atoms with van der Waals surface area (Å²) in [5.41, 5.74) is 6.01. The van der Waals surface area contributed by atoms with Crippen LogP contribution in [0.4, 0.5) is 0 Å². The number of thioether (sulfide) groups is 1. The van der Waals surface area contributed by atoms with Crippen molar-refractivity contribution >= 4 is 29.0 Å². The van der Waals surface area contributed by atoms with Crippen LogP contribution in [0.3, 0.4) is 0 Å². The highest BCUT2D eigenvalue weighted by atomic mass is 32.2. The molecule has 4 nitrogen and oxygen atoms in total. The third kappa shape index (κ3) is 2.96. The van der Waals surface area contributed by atoms with Gasteiger partial charge in [0.05, 0.1) is 0 Å². The molecule has 6 heteroatoms. The molecule has 2 N–H and O–H groups in total. The molecular weight excluding hydrogens is 266 g/mol. The molecule has 18 heavy (non-hydrogen) atoms. The van der Waals surface area contributed by atoms with Gasteiger partial charge in [-0.1, -0.05) is 24.4 Å². The molecule has 1 aromatic carbocycles. The number of hydrogen-bond donors (Lipinski definition) is 1. The smallest absolute Gasteiger partial charge is 0.322 e. The zero-order valence-electron chi connectivity index (χ0n) is 9.66. The largest absolute Gasteiger partial charge is 0.423 e. The Morgan fingerprint density at radius 1 is 1.33 bits per heavy atom. The van der Waals surface area contributed by atoms with E-state index < -0.39 is 0 Å². The normalized spacial score (nSPS) is 10.1. The quantitative estimate of drug-likeness (QED) is 0.685. The third-order valence-electron chi connectivity index (χ3n) is 2.16. The highest BCUT2D eigenvalue weighted by Gasteiger charge is 2.07. The monoisotopic (exact) mass is 277 g/mol. The fraction of sp³-hybridized carbons (Fsp3) is 0.0833. The Labute approximate surface area is 115 Å². The predicted molar refractivity (Wildman–Crippen MR) is 76.2 cm³/mol. The van der Waals surface area contributed by atoms with Gasteiger partial charge in [0.15, 0.2) is 0 Å². The van der Waals surface area contributed by atoms with Crippen molar-refractivity contribution in [1.82, 2.24) is 9.97 Å². The fourth-order valence-electron chi connectivity index (χ4n) is 1.33. The molecule has 0 amide bonds. The Morgan fingerprint density at radius 3 is 2.83 bits per heavy atom. The van der Waals surface area contributed by atoms with E-state index in [2.05, 4.69) is 9.97 Å². The van der Waals surface area contributed by atoms with Crippen LogP contribution in [0.15, 0.2) is 41.4 Å². The minimum absolute atomic E-state index is 0.223. The summed E-state index contributed by atoms with van der Waals surface area (Å²) in [7, 11) is 0. The van der Waals surface area contributed by atoms with Crippen LogP contribution in [0.25, 0.3) is 0 Å². The fourth-order valence-corrected chi connectivity index (χ4v) is 1.97. The van der Waals surface area contributed by atoms with Gasteiger partial charge in [0, 0.05) is 11.1 Å². The summed E-state index contributed by atoms with van der Waals surface area (Å²) in [6, 6.07) is 9.56. The molecule has 1 heterocycles. The standard InChI is InChI=1S/C12H11N3OS2/c1-18-10-5-3-2-4-9(10)16-12-14-7-6-8(15-12)11(13)17/h2-7H,1H3,(H2,13,17). The van der Waals surface area contributed by atoms with Crippen LogP contribution in [0.5, 0.6) is 11.8 Å². The summed E-state index contributed by atoms with van der Waals surface area (Å²) in [6.07, 6.45) is 3.55. The van der Waals surface area contributed by atoms with Gasteiger partial charge in [0.25, 0.3) is 0 Å². The van der Waals surface area contributed by atoms with Crippen LogP contribution < -0.4 is 10.5 Å². The van der Waals surface area contributed by atoms with Gasteiger partial charge in [-0.3, -0.25) is 0 Å². The second kappa shape index (κ2) is 5.79. The van der Waals surface area contributed by atoms with Crippen LogP contribution in [-0.2, 0) is 0 Å². The van der Waals surface area contributed by atoms with E-state index in [4.69, 9.17) is 22.7 Å². The van der Waals surface area contributed by atoms with Crippen molar-refractivity contribution in [3.8, 4) is 11.8 Å². The number of rotatable bonds is 4. The van der Waals surface area contributed by atoms with Crippen molar-refractivity contribution in [1.29, 1.82) is 0 Å². The van der Waals surface area contributed by atoms with E-state index in [0.29, 0.717) is 11.4 Å². The van der Waals surface area contributed by atoms with Crippen molar-refractivity contribution in [3.63, 3.8) is 0 Å². The van der Waals surface area contributed by atoms with Crippen molar-refractivity contribution < 1.29 is 4.74 Å². The average Bonchev–Trinajstić information content (AvgIpc) is 2.39. The molecule has 0 aliphatic rings. The highest BCUT2D eigenvalue weighted by Crippen LogP contribution is 2.29. The number of para-hydroxylation sites is 1. The molecular formula is C12H11N3OS2. The number of thiocarbonyl (C=S) groups is 1. The first-order valence-electron chi connectivity index (χ1n) is 5.14. The lowest BCUT2D eigenvalue weighted by Gasteiger charge is -2.08. The molecule has 0 aliphatic heterocycles. The number of nitrogens with two attached hydrogens (primary N) is 1. The Balaban J connectivity index is 2.28. The van der Waals surface area contributed by atoms with Gasteiger partial charge < -0.3 is 10.5 Å². The molecule has 2 rings (SSSR count). The maximum atomic E-state index is 5.63. The predicted octanol–water partition coefficient (Wildman–Crippen LogP) is 2.62. The highest BCUT2D eigenvalue weighted by molar-refractivity contribution is 7.98. The minimum atomic E-state index is 0.223. The molecule has 0 aliphatic carbocycles. The van der Waals surface area contributed by atoms with Crippen LogP contribution in [0.2, 0.25) is 0 Å². The second-order valence-corrected chi connectivity index (χ2v) is 4.63. The lowest BCUT2D eigenvalue weighted by atomic mass is 10.3. The maximum absolute atomic E-state index is 5.63. The number of nitrogens with zero attached hydrogens (tertiary/aromatic N) is 2. The maximum Gasteiger partial charge on any atom is 0.322 e. The minimum Gasteiger partial charge on any atom is -0.423 e. The van der Waals surface area contributed by atoms with Crippen LogP contribution in [-0.4, -0.2) is 21.2 Å². The Kier molecular flexibility index (Phi) is 4.11. The first-order chi connectivity index (χ1) is 8.70. The molecule has 1 aromatic heterocycles. The van der Waals surface area contributed by atoms with Crippen molar-refractivity contribution in [2.24, 2.45) is 5.73 Å². The van der Waals surface area contributed by atoms with Gasteiger partial charge in [-0.25, -0.2) is 4.98 Å². The summed E-state index contributed by atoms with van der Waals surface area (Å²) < 4.78 is 5.63. The molecule has 0 spiro atoms. The summed E-state index contributed by atoms with van der Waals surface area (Å²) in [4.78, 5) is 9.41. The summed E-state index contributed by atoms with van der Waals surface area (Å²) in [5, 5.41) is 0. The van der Waals surface area contributed by atoms with E-state index in [1.165, 1.54) is 0 Å². The summed E-state index contributed by atoms with van der Waals surface area (Å²) in [6.45, 7) is 0. The Bertz CT molecular complexity index is 575. The summed E-state index contributed by atoms with van der Waals surface area (Å²) in [5.74, 6) is 0.713. The molecule has 0 radical (unpaired) electrons. The lowest BCUT2D eigenvalue weighted by molar-refractivity contribution is 0.431. The van der Waals surface area contributed by atoms with E-state index in [-0.39, 0.29) is 11.0 Å². The van der Waals surface area contributed by atoms with Gasteiger partial charge in [-0.05, 0) is 24.5 Å². The van der Waals surface area contributed by atoms with E-state index in [9.17, 15) is 0 Å². The van der Waals surface area contributed by atoms with E-state index >= 15 is 0 Å². The third-order valence-corrected chi connectivity index (χ3v) is 3.14. The molecule has 0 fully saturated rings. The number of ether oxygens (including phenoxy) is 1. The number of hydrogen-bond acceptors (Lipinski definition) is 5. The Hall–Kier alpha value is -1.66. The number of aromatic nitrogens is 2. The zero-order chi connectivity index (χ0) is 13.0. The number of benzene rings is 1. The molecule has 0 bridgehead atoms. The van der Waals surface area contributed by atoms with Crippen molar-refractivity contribution in [3.05, 3.63) is 42.2 Å². The average molecular weight is 277 g/mol. The summed E-state index contributed by atoms with van der Waals surface area (Å²) >= 11 is 6.46. The van der Waals surface area contributed by atoms with Gasteiger partial charge in [0.1, 0.15) is 16.4 Å². The molecule has 0 unspecified atom stereocenters. The molecule has 0 saturated carbocycles. The van der Waals surface area contributed by atoms with Crippen LogP contribution in [0.1, 0.15) is 5.69 Å². The molecule has 92 valence electrons. The zero-order valence-corrected chi connectivity index (χ0v) is 11.3. The van der Waals surface area contributed by atoms with E-state index in [0.717, 1.165) is 4.90 Å². The van der Waals surface area contributed by atoms with Crippen molar-refractivity contribution in [2.45, 2.75) is 4.90 Å². The SMILES string of the molecule is CSc1ccccc1Oc1nccc(C(N)=S)n1. The van der Waals surface area contributed by atoms with Gasteiger partial charge in [-0.2, -0.15) is 4.98 Å². The molecule has 0 atom stereocenters. The molecule has 0 saturated heterocycles. The second-order valence-electron chi connectivity index (χ2n) is 3.34. The van der Waals surface area contributed by atoms with E-state index in [1.54, 1.807) is 24.0 Å². The first kappa shape index (κ1) is 12.8. The van der Waals surface area contributed by atoms with Gasteiger partial charge in [0.2, 0.25) is 0 Å². The van der Waals surface area contributed by atoms with Crippen molar-refractivity contribution in [2.75, 3.05) is 6.26 Å². The van der Waals surface area contributed by atoms with Gasteiger partial charge >= 0.3 is 6.01 Å². The van der Waals surface area contributed by atoms with Gasteiger partial charge in [-0.15, -0.1) is 11.8 Å². The first-order valence-corrected chi connectivity index (χ1v) is 6.77. The van der Waals surface area contributed by atoms with E-state index in [1.807, 2.05) is 30.5 Å². The van der Waals surface area contributed by atoms with Crippen LogP contribution >= 0.6 is 24.0 Å². The molecule has 2 aromatic rings. The topological polar surface area (TPSA) is 61.0 Å². The van der Waals surface area contributed by atoms with Crippen LogP contribution in [0, 0.1) is 0 Å². The lowest BCUT2D eigenvalue weighted by Crippen LogP contribution is -2.12. The Morgan fingerprint density at radius 2 is 2.11 bits per heavy atom.